The molecule has 1 heterocycles. The maximum absolute atomic E-state index is 12.4. The van der Waals surface area contributed by atoms with E-state index in [1.54, 1.807) is 13.0 Å². The number of methoxy groups -OCH3 is 1. The van der Waals surface area contributed by atoms with E-state index in [4.69, 9.17) is 4.74 Å². The minimum Gasteiger partial charge on any atom is -0.495 e. The summed E-state index contributed by atoms with van der Waals surface area (Å²) in [4.78, 5) is -0.0819. The van der Waals surface area contributed by atoms with Gasteiger partial charge in [0.25, 0.3) is 0 Å². The third-order valence-electron chi connectivity index (χ3n) is 3.24. The quantitative estimate of drug-likeness (QED) is 0.763. The zero-order valence-corrected chi connectivity index (χ0v) is 13.2. The fraction of sp³-hybridized carbons (Fsp3) is 0.500. The fourth-order valence-corrected chi connectivity index (χ4v) is 5.57. The lowest BCUT2D eigenvalue weighted by Crippen LogP contribution is -2.42. The molecule has 0 aromatic heterocycles. The Hall–Kier alpha value is -1.16. The number of benzene rings is 1. The molecule has 0 radical (unpaired) electrons. The molecule has 7 nitrogen and oxygen atoms in total. The molecule has 2 N–H and O–H groups in total. The summed E-state index contributed by atoms with van der Waals surface area (Å²) in [5, 5.41) is 9.68. The van der Waals surface area contributed by atoms with E-state index in [0.29, 0.717) is 0 Å². The highest BCUT2D eigenvalue weighted by Gasteiger charge is 2.39. The molecule has 1 aromatic rings. The maximum Gasteiger partial charge on any atom is 0.244 e. The predicted octanol–water partition coefficient (Wildman–Crippen LogP) is -0.560. The standard InChI is InChI=1S/C12H17NO6S2/c1-8-3-4-11(19-2)12(5-8)21(17,18)13-9-6-20(15,16)7-10(9)14/h3-5,9-10,13-14H,6-7H2,1-2H3/t9-,10+/m0/s1. The number of sulfone groups is 1. The summed E-state index contributed by atoms with van der Waals surface area (Å²) < 4.78 is 54.9. The van der Waals surface area contributed by atoms with Crippen LogP contribution in [0.1, 0.15) is 5.56 Å². The van der Waals surface area contributed by atoms with Gasteiger partial charge >= 0.3 is 0 Å². The van der Waals surface area contributed by atoms with E-state index in [9.17, 15) is 21.9 Å². The van der Waals surface area contributed by atoms with Gasteiger partial charge in [0.15, 0.2) is 9.84 Å². The molecule has 1 aromatic carbocycles. The average Bonchev–Trinajstić information content (AvgIpc) is 2.61. The van der Waals surface area contributed by atoms with E-state index in [0.717, 1.165) is 5.56 Å². The molecule has 1 aliphatic rings. The van der Waals surface area contributed by atoms with Crippen molar-refractivity contribution < 1.29 is 26.7 Å². The predicted molar refractivity (Wildman–Crippen MR) is 76.5 cm³/mol. The Kier molecular flexibility index (Phi) is 4.29. The number of nitrogens with one attached hydrogen (secondary N) is 1. The Balaban J connectivity index is 2.34. The van der Waals surface area contributed by atoms with Crippen LogP contribution in [-0.2, 0) is 19.9 Å². The topological polar surface area (TPSA) is 110 Å². The monoisotopic (exact) mass is 335 g/mol. The molecule has 21 heavy (non-hydrogen) atoms. The third-order valence-corrected chi connectivity index (χ3v) is 6.47. The number of aryl methyl sites for hydroxylation is 1. The molecule has 9 heteroatoms. The average molecular weight is 335 g/mol. The molecule has 0 spiro atoms. The van der Waals surface area contributed by atoms with Crippen molar-refractivity contribution in [1.82, 2.24) is 4.72 Å². The van der Waals surface area contributed by atoms with Crippen LogP contribution >= 0.6 is 0 Å². The van der Waals surface area contributed by atoms with Gasteiger partial charge in [-0.15, -0.1) is 0 Å². The van der Waals surface area contributed by atoms with Crippen molar-refractivity contribution in [2.75, 3.05) is 18.6 Å². The highest BCUT2D eigenvalue weighted by molar-refractivity contribution is 7.92. The molecule has 1 saturated heterocycles. The van der Waals surface area contributed by atoms with Crippen LogP contribution in [0.25, 0.3) is 0 Å². The van der Waals surface area contributed by atoms with Gasteiger partial charge in [0.05, 0.1) is 30.8 Å². The van der Waals surface area contributed by atoms with Crippen LogP contribution < -0.4 is 9.46 Å². The molecule has 118 valence electrons. The molecule has 2 atom stereocenters. The van der Waals surface area contributed by atoms with Crippen LogP contribution in [0.2, 0.25) is 0 Å². The first-order chi connectivity index (χ1) is 9.64. The van der Waals surface area contributed by atoms with Crippen molar-refractivity contribution >= 4 is 19.9 Å². The van der Waals surface area contributed by atoms with Gasteiger partial charge in [0.2, 0.25) is 10.0 Å². The second-order valence-electron chi connectivity index (χ2n) is 5.03. The fourth-order valence-electron chi connectivity index (χ4n) is 2.20. The lowest BCUT2D eigenvalue weighted by atomic mass is 10.2. The van der Waals surface area contributed by atoms with Crippen LogP contribution in [0, 0.1) is 6.92 Å². The van der Waals surface area contributed by atoms with Gasteiger partial charge in [0.1, 0.15) is 10.6 Å². The number of aliphatic hydroxyl groups excluding tert-OH is 1. The third kappa shape index (κ3) is 3.54. The van der Waals surface area contributed by atoms with Crippen LogP contribution in [-0.4, -0.2) is 52.7 Å². The van der Waals surface area contributed by atoms with E-state index < -0.39 is 43.5 Å². The first-order valence-corrected chi connectivity index (χ1v) is 9.50. The van der Waals surface area contributed by atoms with Gasteiger partial charge < -0.3 is 9.84 Å². The Morgan fingerprint density at radius 1 is 1.33 bits per heavy atom. The van der Waals surface area contributed by atoms with Gasteiger partial charge in [-0.2, -0.15) is 0 Å². The van der Waals surface area contributed by atoms with Crippen molar-refractivity contribution in [1.29, 1.82) is 0 Å². The molecular formula is C12H17NO6S2. The molecule has 0 amide bonds. The number of hydrogen-bond acceptors (Lipinski definition) is 6. The van der Waals surface area contributed by atoms with E-state index in [1.165, 1.54) is 19.2 Å². The smallest absolute Gasteiger partial charge is 0.244 e. The first kappa shape index (κ1) is 16.2. The minimum absolute atomic E-state index is 0.0819. The van der Waals surface area contributed by atoms with Crippen LogP contribution in [0.15, 0.2) is 23.1 Å². The zero-order valence-electron chi connectivity index (χ0n) is 11.6. The van der Waals surface area contributed by atoms with Crippen LogP contribution in [0.3, 0.4) is 0 Å². The summed E-state index contributed by atoms with van der Waals surface area (Å²) in [7, 11) is -6.08. The summed E-state index contributed by atoms with van der Waals surface area (Å²) in [6.07, 6.45) is -1.25. The van der Waals surface area contributed by atoms with Crippen molar-refractivity contribution in [2.24, 2.45) is 0 Å². The van der Waals surface area contributed by atoms with E-state index in [-0.39, 0.29) is 10.6 Å². The van der Waals surface area contributed by atoms with E-state index in [1.807, 2.05) is 0 Å². The number of aliphatic hydroxyl groups is 1. The molecule has 0 unspecified atom stereocenters. The highest BCUT2D eigenvalue weighted by Crippen LogP contribution is 2.25. The van der Waals surface area contributed by atoms with Crippen LogP contribution in [0.5, 0.6) is 5.75 Å². The molecular weight excluding hydrogens is 318 g/mol. The summed E-state index contributed by atoms with van der Waals surface area (Å²) in [6.45, 7) is 1.73. The highest BCUT2D eigenvalue weighted by atomic mass is 32.2. The summed E-state index contributed by atoms with van der Waals surface area (Å²) in [5.41, 5.74) is 0.718. The van der Waals surface area contributed by atoms with Gasteiger partial charge in [0, 0.05) is 0 Å². The second-order valence-corrected chi connectivity index (χ2v) is 8.86. The molecule has 0 bridgehead atoms. The van der Waals surface area contributed by atoms with Crippen LogP contribution in [0.4, 0.5) is 0 Å². The summed E-state index contributed by atoms with van der Waals surface area (Å²) >= 11 is 0. The Bertz CT molecular complexity index is 741. The van der Waals surface area contributed by atoms with E-state index >= 15 is 0 Å². The van der Waals surface area contributed by atoms with Gasteiger partial charge in [-0.3, -0.25) is 0 Å². The Labute approximate surface area is 123 Å². The SMILES string of the molecule is COc1ccc(C)cc1S(=O)(=O)N[C@H]1CS(=O)(=O)C[C@H]1O. The zero-order chi connectivity index (χ0) is 15.8. The molecule has 1 aliphatic heterocycles. The largest absolute Gasteiger partial charge is 0.495 e. The van der Waals surface area contributed by atoms with Gasteiger partial charge in [-0.05, 0) is 24.6 Å². The second kappa shape index (κ2) is 5.56. The van der Waals surface area contributed by atoms with Gasteiger partial charge in [-0.25, -0.2) is 21.6 Å². The minimum atomic E-state index is -3.99. The lowest BCUT2D eigenvalue weighted by Gasteiger charge is -2.17. The van der Waals surface area contributed by atoms with Crippen molar-refractivity contribution in [3.8, 4) is 5.75 Å². The summed E-state index contributed by atoms with van der Waals surface area (Å²) in [5.74, 6) is -0.699. The van der Waals surface area contributed by atoms with Gasteiger partial charge in [-0.1, -0.05) is 6.07 Å². The number of ether oxygens (including phenoxy) is 1. The Morgan fingerprint density at radius 2 is 2.00 bits per heavy atom. The summed E-state index contributed by atoms with van der Waals surface area (Å²) in [6, 6.07) is 3.60. The number of sulfonamides is 1. The molecule has 1 fully saturated rings. The van der Waals surface area contributed by atoms with Crippen molar-refractivity contribution in [3.63, 3.8) is 0 Å². The normalized spacial score (nSPS) is 24.9. The van der Waals surface area contributed by atoms with E-state index in [2.05, 4.69) is 4.72 Å². The first-order valence-electron chi connectivity index (χ1n) is 6.20. The number of hydrogen-bond donors (Lipinski definition) is 2. The molecule has 0 aliphatic carbocycles. The maximum atomic E-state index is 12.4. The van der Waals surface area contributed by atoms with Crippen molar-refractivity contribution in [3.05, 3.63) is 23.8 Å². The lowest BCUT2D eigenvalue weighted by molar-refractivity contribution is 0.176. The molecule has 2 rings (SSSR count). The Morgan fingerprint density at radius 3 is 2.52 bits per heavy atom. The number of rotatable bonds is 4. The van der Waals surface area contributed by atoms with Crippen molar-refractivity contribution in [2.45, 2.75) is 24.0 Å². The molecule has 0 saturated carbocycles.